The molecule has 0 spiro atoms. The first-order chi connectivity index (χ1) is 17.5. The molecule has 2 amide bonds. The third kappa shape index (κ3) is 8.54. The summed E-state index contributed by atoms with van der Waals surface area (Å²) in [7, 11) is 0. The van der Waals surface area contributed by atoms with Crippen LogP contribution in [0.3, 0.4) is 0 Å². The third-order valence-corrected chi connectivity index (χ3v) is 7.36. The number of benzene rings is 1. The summed E-state index contributed by atoms with van der Waals surface area (Å²) in [5.74, 6) is 0.126. The maximum Gasteiger partial charge on any atom is 0.248 e. The zero-order valence-corrected chi connectivity index (χ0v) is 22.1. The zero-order chi connectivity index (χ0) is 25.8. The molecule has 190 valence electrons. The predicted octanol–water partition coefficient (Wildman–Crippen LogP) is 5.92. The molecule has 1 atom stereocenters. The SMILES string of the molecule is C=CCC(=O)N(CCCC(=S)Nc1ccc(C#N)cc1)[C@@H](CC1CCCCC1)C(=O)Nc1nccs1. The minimum absolute atomic E-state index is 0.105. The van der Waals surface area contributed by atoms with E-state index in [2.05, 4.69) is 28.3 Å². The lowest BCUT2D eigenvalue weighted by Gasteiger charge is -2.34. The second kappa shape index (κ2) is 14.5. The second-order valence-corrected chi connectivity index (χ2v) is 10.4. The molecule has 36 heavy (non-hydrogen) atoms. The highest BCUT2D eigenvalue weighted by Crippen LogP contribution is 2.30. The van der Waals surface area contributed by atoms with Gasteiger partial charge in [0.15, 0.2) is 5.13 Å². The summed E-state index contributed by atoms with van der Waals surface area (Å²) in [5.41, 5.74) is 1.40. The smallest absolute Gasteiger partial charge is 0.248 e. The highest BCUT2D eigenvalue weighted by atomic mass is 32.1. The van der Waals surface area contributed by atoms with Crippen LogP contribution >= 0.6 is 23.6 Å². The Hall–Kier alpha value is -3.09. The van der Waals surface area contributed by atoms with Crippen molar-refractivity contribution >= 4 is 51.2 Å². The molecular weight excluding hydrogens is 490 g/mol. The first kappa shape index (κ1) is 27.5. The number of nitrogens with zero attached hydrogens (tertiary/aromatic N) is 3. The Balaban J connectivity index is 1.67. The predicted molar refractivity (Wildman–Crippen MR) is 149 cm³/mol. The second-order valence-electron chi connectivity index (χ2n) is 9.00. The van der Waals surface area contributed by atoms with Gasteiger partial charge in [0.2, 0.25) is 11.8 Å². The van der Waals surface area contributed by atoms with Crippen molar-refractivity contribution in [3.63, 3.8) is 0 Å². The number of hydrogen-bond donors (Lipinski definition) is 2. The maximum absolute atomic E-state index is 13.4. The zero-order valence-electron chi connectivity index (χ0n) is 20.4. The normalized spacial score (nSPS) is 14.3. The van der Waals surface area contributed by atoms with Crippen LogP contribution in [0.5, 0.6) is 0 Å². The Kier molecular flexibility index (Phi) is 11.0. The fourth-order valence-corrected chi connectivity index (χ4v) is 5.34. The molecule has 0 saturated heterocycles. The average Bonchev–Trinajstić information content (AvgIpc) is 3.40. The van der Waals surface area contributed by atoms with Crippen molar-refractivity contribution in [1.29, 1.82) is 5.26 Å². The van der Waals surface area contributed by atoms with Crippen LogP contribution in [0.25, 0.3) is 0 Å². The first-order valence-electron chi connectivity index (χ1n) is 12.4. The van der Waals surface area contributed by atoms with Crippen LogP contribution in [0.1, 0.15) is 63.4 Å². The van der Waals surface area contributed by atoms with Gasteiger partial charge in [0.25, 0.3) is 0 Å². The number of nitriles is 1. The van der Waals surface area contributed by atoms with Crippen molar-refractivity contribution < 1.29 is 9.59 Å². The Bertz CT molecular complexity index is 1060. The highest BCUT2D eigenvalue weighted by molar-refractivity contribution is 7.80. The number of amides is 2. The molecule has 1 aliphatic carbocycles. The molecule has 1 aliphatic rings. The fraction of sp³-hybridized carbons (Fsp3) is 0.444. The van der Waals surface area contributed by atoms with E-state index >= 15 is 0 Å². The molecule has 1 aromatic carbocycles. The van der Waals surface area contributed by atoms with Gasteiger partial charge in [0.05, 0.1) is 16.6 Å². The van der Waals surface area contributed by atoms with E-state index < -0.39 is 6.04 Å². The number of thiocarbonyl (C=S) groups is 1. The van der Waals surface area contributed by atoms with Crippen molar-refractivity contribution in [2.75, 3.05) is 17.2 Å². The molecule has 7 nitrogen and oxygen atoms in total. The van der Waals surface area contributed by atoms with E-state index in [0.717, 1.165) is 18.5 Å². The summed E-state index contributed by atoms with van der Waals surface area (Å²) in [6, 6.07) is 8.63. The summed E-state index contributed by atoms with van der Waals surface area (Å²) >= 11 is 6.87. The van der Waals surface area contributed by atoms with Gasteiger partial charge in [0, 0.05) is 30.2 Å². The van der Waals surface area contributed by atoms with Crippen molar-refractivity contribution in [2.45, 2.75) is 63.8 Å². The van der Waals surface area contributed by atoms with Gasteiger partial charge in [-0.1, -0.05) is 50.4 Å². The average molecular weight is 524 g/mol. The Morgan fingerprint density at radius 1 is 1.25 bits per heavy atom. The number of aromatic nitrogens is 1. The minimum Gasteiger partial charge on any atom is -0.350 e. The molecule has 1 aromatic heterocycles. The van der Waals surface area contributed by atoms with Crippen LogP contribution in [0.15, 0.2) is 48.5 Å². The number of thiazole rings is 1. The van der Waals surface area contributed by atoms with Gasteiger partial charge in [-0.05, 0) is 49.4 Å². The molecule has 9 heteroatoms. The molecule has 0 bridgehead atoms. The lowest BCUT2D eigenvalue weighted by Crippen LogP contribution is -2.49. The number of carbonyl (C=O) groups excluding carboxylic acids is 2. The Labute approximate surface area is 222 Å². The summed E-state index contributed by atoms with van der Waals surface area (Å²) in [6.45, 7) is 4.15. The third-order valence-electron chi connectivity index (χ3n) is 6.36. The number of hydrogen-bond acceptors (Lipinski definition) is 6. The molecule has 1 saturated carbocycles. The van der Waals surface area contributed by atoms with Gasteiger partial charge >= 0.3 is 0 Å². The molecule has 1 fully saturated rings. The number of anilines is 2. The van der Waals surface area contributed by atoms with Gasteiger partial charge in [-0.3, -0.25) is 9.59 Å². The Morgan fingerprint density at radius 2 is 2.00 bits per heavy atom. The van der Waals surface area contributed by atoms with E-state index in [4.69, 9.17) is 17.5 Å². The molecule has 1 heterocycles. The van der Waals surface area contributed by atoms with Gasteiger partial charge < -0.3 is 15.5 Å². The molecule has 3 rings (SSSR count). The van der Waals surface area contributed by atoms with Crippen molar-refractivity contribution in [3.8, 4) is 6.07 Å². The van der Waals surface area contributed by atoms with Crippen molar-refractivity contribution in [3.05, 3.63) is 54.1 Å². The van der Waals surface area contributed by atoms with E-state index in [1.165, 1.54) is 30.6 Å². The van der Waals surface area contributed by atoms with E-state index in [1.807, 2.05) is 17.5 Å². The topological polar surface area (TPSA) is 98.1 Å². The van der Waals surface area contributed by atoms with Crippen LogP contribution < -0.4 is 10.6 Å². The summed E-state index contributed by atoms with van der Waals surface area (Å²) < 4.78 is 0. The number of nitrogens with one attached hydrogen (secondary N) is 2. The first-order valence-corrected chi connectivity index (χ1v) is 13.7. The van der Waals surface area contributed by atoms with Crippen LogP contribution in [0.4, 0.5) is 10.8 Å². The van der Waals surface area contributed by atoms with Crippen LogP contribution in [0, 0.1) is 17.2 Å². The van der Waals surface area contributed by atoms with Crippen molar-refractivity contribution in [1.82, 2.24) is 9.88 Å². The van der Waals surface area contributed by atoms with E-state index in [1.54, 1.807) is 29.3 Å². The maximum atomic E-state index is 13.4. The fourth-order valence-electron chi connectivity index (χ4n) is 4.54. The van der Waals surface area contributed by atoms with Crippen LogP contribution in [-0.2, 0) is 9.59 Å². The van der Waals surface area contributed by atoms with Crippen molar-refractivity contribution in [2.24, 2.45) is 5.92 Å². The summed E-state index contributed by atoms with van der Waals surface area (Å²) in [4.78, 5) is 33.1. The lowest BCUT2D eigenvalue weighted by atomic mass is 9.84. The van der Waals surface area contributed by atoms with Gasteiger partial charge in [-0.2, -0.15) is 5.26 Å². The molecule has 0 radical (unpaired) electrons. The molecule has 2 aromatic rings. The summed E-state index contributed by atoms with van der Waals surface area (Å²) in [5, 5.41) is 17.4. The summed E-state index contributed by atoms with van der Waals surface area (Å²) in [6.07, 6.45) is 11.0. The standard InChI is InChI=1S/C27H33N5O2S2/c1-2-7-25(33)32(16-6-10-24(35)30-22-13-11-21(19-28)12-14-22)23(18-20-8-4-3-5-9-20)26(34)31-27-29-15-17-36-27/h2,11-15,17,20,23H,1,3-10,16,18H2,(H,30,35)(H,29,31,34)/t23-/m0/s1. The largest absolute Gasteiger partial charge is 0.350 e. The highest BCUT2D eigenvalue weighted by Gasteiger charge is 2.32. The van der Waals surface area contributed by atoms with Crippen LogP contribution in [0.2, 0.25) is 0 Å². The molecule has 2 N–H and O–H groups in total. The molecule has 0 unspecified atom stereocenters. The van der Waals surface area contributed by atoms with E-state index in [9.17, 15) is 9.59 Å². The Morgan fingerprint density at radius 3 is 2.64 bits per heavy atom. The van der Waals surface area contributed by atoms with E-state index in [-0.39, 0.29) is 18.2 Å². The minimum atomic E-state index is -0.565. The quantitative estimate of drug-likeness (QED) is 0.265. The van der Waals surface area contributed by atoms with Crippen LogP contribution in [-0.4, -0.2) is 39.3 Å². The monoisotopic (exact) mass is 523 g/mol. The van der Waals surface area contributed by atoms with E-state index in [0.29, 0.717) is 47.4 Å². The van der Waals surface area contributed by atoms with Gasteiger partial charge in [-0.15, -0.1) is 17.9 Å². The molecular formula is C27H33N5O2S2. The number of rotatable bonds is 12. The van der Waals surface area contributed by atoms with Gasteiger partial charge in [-0.25, -0.2) is 4.98 Å². The number of carbonyl (C=O) groups is 2. The molecule has 0 aliphatic heterocycles. The van der Waals surface area contributed by atoms with Gasteiger partial charge in [0.1, 0.15) is 6.04 Å². The lowest BCUT2D eigenvalue weighted by molar-refractivity contribution is -0.138.